The molecule has 3 atom stereocenters. The Morgan fingerprint density at radius 3 is 3.25 bits per heavy atom. The van der Waals surface area contributed by atoms with Crippen LogP contribution in [0.15, 0.2) is 29.5 Å². The van der Waals surface area contributed by atoms with Crippen molar-refractivity contribution in [3.8, 4) is 0 Å². The van der Waals surface area contributed by atoms with E-state index in [0.29, 0.717) is 19.8 Å². The van der Waals surface area contributed by atoms with Crippen LogP contribution >= 0.6 is 11.3 Å². The molecule has 1 aromatic rings. The number of carbonyl (C=O) groups excluding carboxylic acids is 1. The van der Waals surface area contributed by atoms with Gasteiger partial charge >= 0.3 is 0 Å². The van der Waals surface area contributed by atoms with Crippen molar-refractivity contribution in [2.75, 3.05) is 19.8 Å². The van der Waals surface area contributed by atoms with Gasteiger partial charge < -0.3 is 14.4 Å². The highest BCUT2D eigenvalue weighted by Gasteiger charge is 2.44. The molecular weight excluding hydrogens is 274 g/mol. The van der Waals surface area contributed by atoms with Gasteiger partial charge in [0.2, 0.25) is 0 Å². The molecule has 0 radical (unpaired) electrons. The van der Waals surface area contributed by atoms with Crippen molar-refractivity contribution in [3.63, 3.8) is 0 Å². The lowest BCUT2D eigenvalue weighted by molar-refractivity contribution is -0.0434. The topological polar surface area (TPSA) is 38.8 Å². The molecule has 3 rings (SSSR count). The number of rotatable bonds is 4. The Morgan fingerprint density at radius 2 is 2.50 bits per heavy atom. The van der Waals surface area contributed by atoms with Gasteiger partial charge in [0, 0.05) is 11.9 Å². The monoisotopic (exact) mass is 293 g/mol. The maximum Gasteiger partial charge on any atom is 0.255 e. The first-order valence-electron chi connectivity index (χ1n) is 6.98. The molecule has 2 bridgehead atoms. The first kappa shape index (κ1) is 13.8. The Balaban J connectivity index is 1.80. The molecule has 2 aliphatic rings. The minimum Gasteiger partial charge on any atom is -0.374 e. The van der Waals surface area contributed by atoms with Crippen molar-refractivity contribution in [2.45, 2.75) is 31.1 Å². The number of ether oxygens (including phenoxy) is 2. The summed E-state index contributed by atoms with van der Waals surface area (Å²) in [6.45, 7) is 5.42. The van der Waals surface area contributed by atoms with E-state index in [1.54, 1.807) is 17.4 Å². The maximum atomic E-state index is 12.6. The lowest BCUT2D eigenvalue weighted by atomic mass is 10.1. The van der Waals surface area contributed by atoms with Crippen LogP contribution in [0.1, 0.15) is 23.2 Å². The van der Waals surface area contributed by atoms with Gasteiger partial charge in [-0.25, -0.2) is 0 Å². The molecule has 0 spiro atoms. The van der Waals surface area contributed by atoms with Crippen LogP contribution in [0.4, 0.5) is 0 Å². The molecule has 108 valence electrons. The highest BCUT2D eigenvalue weighted by molar-refractivity contribution is 7.08. The molecule has 1 aliphatic heterocycles. The summed E-state index contributed by atoms with van der Waals surface area (Å²) in [4.78, 5) is 14.6. The van der Waals surface area contributed by atoms with E-state index < -0.39 is 0 Å². The van der Waals surface area contributed by atoms with Gasteiger partial charge in [0.15, 0.2) is 0 Å². The standard InChI is InChI=1S/C15H19NO3S/c1-2-7-19-14-12-3-4-13(14)18-8-6-16(12)15(17)11-5-9-20-10-11/h2,5,9-10,12-14H,1,3-4,6-8H2/t12-,13-,14+/m1/s1. The van der Waals surface area contributed by atoms with Crippen LogP contribution in [0.5, 0.6) is 0 Å². The fourth-order valence-corrected chi connectivity index (χ4v) is 3.72. The Hall–Kier alpha value is -1.17. The molecule has 2 fully saturated rings. The largest absolute Gasteiger partial charge is 0.374 e. The summed E-state index contributed by atoms with van der Waals surface area (Å²) in [5, 5.41) is 3.84. The van der Waals surface area contributed by atoms with Gasteiger partial charge in [-0.3, -0.25) is 4.79 Å². The Morgan fingerprint density at radius 1 is 1.60 bits per heavy atom. The molecule has 20 heavy (non-hydrogen) atoms. The maximum absolute atomic E-state index is 12.6. The van der Waals surface area contributed by atoms with Crippen LogP contribution in [0.3, 0.4) is 0 Å². The fourth-order valence-electron chi connectivity index (χ4n) is 3.09. The molecule has 0 N–H and O–H groups in total. The lowest BCUT2D eigenvalue weighted by Crippen LogP contribution is -2.46. The van der Waals surface area contributed by atoms with Crippen molar-refractivity contribution in [2.24, 2.45) is 0 Å². The molecule has 1 aromatic heterocycles. The molecule has 1 amide bonds. The van der Waals surface area contributed by atoms with Crippen LogP contribution in [-0.4, -0.2) is 48.8 Å². The second kappa shape index (κ2) is 6.08. The SMILES string of the molecule is C=CCO[C@H]1[C@H]2CC[C@H]1OCCN2C(=O)c1ccsc1. The third-order valence-corrected chi connectivity index (χ3v) is 4.68. The van der Waals surface area contributed by atoms with E-state index in [9.17, 15) is 4.79 Å². The van der Waals surface area contributed by atoms with Gasteiger partial charge in [0.1, 0.15) is 6.10 Å². The van der Waals surface area contributed by atoms with Crippen molar-refractivity contribution < 1.29 is 14.3 Å². The summed E-state index contributed by atoms with van der Waals surface area (Å²) >= 11 is 1.55. The van der Waals surface area contributed by atoms with Crippen molar-refractivity contribution in [1.82, 2.24) is 4.90 Å². The number of thiophene rings is 1. The smallest absolute Gasteiger partial charge is 0.255 e. The average molecular weight is 293 g/mol. The van der Waals surface area contributed by atoms with Crippen molar-refractivity contribution in [3.05, 3.63) is 35.0 Å². The second-order valence-corrected chi connectivity index (χ2v) is 5.93. The van der Waals surface area contributed by atoms with Crippen LogP contribution < -0.4 is 0 Å². The van der Waals surface area contributed by atoms with E-state index in [1.165, 1.54) is 0 Å². The minimum absolute atomic E-state index is 0.0296. The van der Waals surface area contributed by atoms with Gasteiger partial charge in [-0.1, -0.05) is 6.08 Å². The van der Waals surface area contributed by atoms with Crippen LogP contribution in [0.2, 0.25) is 0 Å². The van der Waals surface area contributed by atoms with E-state index in [2.05, 4.69) is 6.58 Å². The number of carbonyl (C=O) groups is 1. The zero-order valence-corrected chi connectivity index (χ0v) is 12.2. The summed E-state index contributed by atoms with van der Waals surface area (Å²) in [6.07, 6.45) is 3.73. The molecule has 1 saturated heterocycles. The summed E-state index contributed by atoms with van der Waals surface area (Å²) in [6, 6.07) is 2.00. The number of amides is 1. The third kappa shape index (κ3) is 2.53. The summed E-state index contributed by atoms with van der Waals surface area (Å²) in [7, 11) is 0. The summed E-state index contributed by atoms with van der Waals surface area (Å²) in [5.41, 5.74) is 0.767. The lowest BCUT2D eigenvalue weighted by Gasteiger charge is -2.31. The molecule has 1 aliphatic carbocycles. The van der Waals surface area contributed by atoms with Crippen molar-refractivity contribution >= 4 is 17.2 Å². The van der Waals surface area contributed by atoms with Gasteiger partial charge in [-0.15, -0.1) is 6.58 Å². The zero-order valence-electron chi connectivity index (χ0n) is 11.4. The minimum atomic E-state index is -0.0296. The normalized spacial score (nSPS) is 29.2. The first-order chi connectivity index (χ1) is 9.81. The highest BCUT2D eigenvalue weighted by Crippen LogP contribution is 2.33. The number of hydrogen-bond donors (Lipinski definition) is 0. The van der Waals surface area contributed by atoms with Gasteiger partial charge in [-0.2, -0.15) is 11.3 Å². The zero-order chi connectivity index (χ0) is 13.9. The van der Waals surface area contributed by atoms with Crippen LogP contribution in [-0.2, 0) is 9.47 Å². The quantitative estimate of drug-likeness (QED) is 0.800. The third-order valence-electron chi connectivity index (χ3n) is 3.99. The van der Waals surface area contributed by atoms with E-state index >= 15 is 0 Å². The Bertz CT molecular complexity index is 473. The van der Waals surface area contributed by atoms with Gasteiger partial charge in [0.05, 0.1) is 30.9 Å². The predicted molar refractivity (Wildman–Crippen MR) is 78.1 cm³/mol. The predicted octanol–water partition coefficient (Wildman–Crippen LogP) is 2.32. The molecular formula is C15H19NO3S. The van der Waals surface area contributed by atoms with Gasteiger partial charge in [0.25, 0.3) is 5.91 Å². The summed E-state index contributed by atoms with van der Waals surface area (Å²) in [5.74, 6) is 0.0922. The molecule has 5 heteroatoms. The fraction of sp³-hybridized carbons (Fsp3) is 0.533. The number of hydrogen-bond acceptors (Lipinski definition) is 4. The Labute approximate surface area is 123 Å². The van der Waals surface area contributed by atoms with Crippen LogP contribution in [0, 0.1) is 0 Å². The van der Waals surface area contributed by atoms with E-state index in [1.807, 2.05) is 21.7 Å². The molecule has 0 unspecified atom stereocenters. The average Bonchev–Trinajstić information content (AvgIpc) is 3.04. The van der Waals surface area contributed by atoms with Crippen molar-refractivity contribution in [1.29, 1.82) is 0 Å². The van der Waals surface area contributed by atoms with Crippen LogP contribution in [0.25, 0.3) is 0 Å². The number of nitrogens with zero attached hydrogens (tertiary/aromatic N) is 1. The van der Waals surface area contributed by atoms with Gasteiger partial charge in [-0.05, 0) is 24.3 Å². The summed E-state index contributed by atoms with van der Waals surface area (Å²) < 4.78 is 11.7. The molecule has 2 heterocycles. The second-order valence-electron chi connectivity index (χ2n) is 5.15. The molecule has 1 saturated carbocycles. The molecule has 0 aromatic carbocycles. The Kier molecular flexibility index (Phi) is 4.19. The van der Waals surface area contributed by atoms with E-state index in [0.717, 1.165) is 18.4 Å². The molecule has 4 nitrogen and oxygen atoms in total. The first-order valence-corrected chi connectivity index (χ1v) is 7.93. The van der Waals surface area contributed by atoms with E-state index in [4.69, 9.17) is 9.47 Å². The highest BCUT2D eigenvalue weighted by atomic mass is 32.1. The van der Waals surface area contributed by atoms with E-state index in [-0.39, 0.29) is 24.2 Å². The number of fused-ring (bicyclic) bond motifs is 2.